The molecular formula is C69H103NO7. The number of unbranched alkanes of at least 4 members (excludes halogenated alkanes) is 24. The summed E-state index contributed by atoms with van der Waals surface area (Å²) in [7, 11) is 0. The van der Waals surface area contributed by atoms with E-state index in [4.69, 9.17) is 23.7 Å². The van der Waals surface area contributed by atoms with Crippen LogP contribution in [0.2, 0.25) is 0 Å². The van der Waals surface area contributed by atoms with Crippen LogP contribution in [-0.4, -0.2) is 60.3 Å². The van der Waals surface area contributed by atoms with Crippen LogP contribution in [0.4, 0.5) is 0 Å². The molecule has 0 radical (unpaired) electrons. The lowest BCUT2D eigenvalue weighted by Crippen LogP contribution is -2.62. The Morgan fingerprint density at radius 2 is 0.844 bits per heavy atom. The topological polar surface area (TPSA) is 95.5 Å². The first-order valence-electron chi connectivity index (χ1n) is 30.9. The molecule has 0 unspecified atom stereocenters. The largest absolute Gasteiger partial charge is 0.387 e. The minimum absolute atomic E-state index is 0.0548. The summed E-state index contributed by atoms with van der Waals surface area (Å²) in [4.78, 5) is 13.9. The fourth-order valence-electron chi connectivity index (χ4n) is 10.7. The van der Waals surface area contributed by atoms with Crippen molar-refractivity contribution >= 4 is 5.91 Å². The van der Waals surface area contributed by atoms with Crippen LogP contribution < -0.4 is 5.32 Å². The monoisotopic (exact) mass is 1060 g/mol. The highest BCUT2D eigenvalue weighted by Gasteiger charge is 2.49. The molecule has 7 atom stereocenters. The minimum atomic E-state index is -0.938. The van der Waals surface area contributed by atoms with Gasteiger partial charge in [0, 0.05) is 6.42 Å². The molecule has 1 fully saturated rings. The van der Waals surface area contributed by atoms with Crippen molar-refractivity contribution in [2.75, 3.05) is 6.61 Å². The third kappa shape index (κ3) is 28.0. The number of benzene rings is 4. The van der Waals surface area contributed by atoms with Crippen LogP contribution in [-0.2, 0) is 54.9 Å². The molecule has 4 aromatic carbocycles. The number of hydrogen-bond donors (Lipinski definition) is 2. The SMILES string of the molecule is CCCCC=C[C@@H](O)[C@H](C[C@H]1O[C@H](COCc2ccccc2)[C@H](OCc2ccccc2)[C@H](OCc2ccccc2)[C@H]1OCc1ccccc1)NC(=O)CCCCCCCCCCCCCCCCCCCCCCCCC. The first kappa shape index (κ1) is 63.7. The van der Waals surface area contributed by atoms with Gasteiger partial charge in [-0.3, -0.25) is 4.79 Å². The third-order valence-corrected chi connectivity index (χ3v) is 15.3. The Kier molecular flexibility index (Phi) is 34.6. The summed E-state index contributed by atoms with van der Waals surface area (Å²) >= 11 is 0. The van der Waals surface area contributed by atoms with Crippen molar-refractivity contribution in [3.8, 4) is 0 Å². The van der Waals surface area contributed by atoms with Crippen molar-refractivity contribution in [1.29, 1.82) is 0 Å². The smallest absolute Gasteiger partial charge is 0.220 e. The van der Waals surface area contributed by atoms with Gasteiger partial charge in [0.05, 0.1) is 51.3 Å². The van der Waals surface area contributed by atoms with Gasteiger partial charge in [-0.25, -0.2) is 0 Å². The minimum Gasteiger partial charge on any atom is -0.387 e. The van der Waals surface area contributed by atoms with Crippen LogP contribution in [0.3, 0.4) is 0 Å². The third-order valence-electron chi connectivity index (χ3n) is 15.3. The lowest BCUT2D eigenvalue weighted by Gasteiger charge is -2.47. The summed E-state index contributed by atoms with van der Waals surface area (Å²) in [5.74, 6) is -0.0548. The maximum atomic E-state index is 13.9. The van der Waals surface area contributed by atoms with Crippen molar-refractivity contribution in [3.63, 3.8) is 0 Å². The van der Waals surface area contributed by atoms with Gasteiger partial charge in [0.2, 0.25) is 5.91 Å². The van der Waals surface area contributed by atoms with E-state index in [0.29, 0.717) is 32.8 Å². The molecule has 1 saturated heterocycles. The zero-order valence-corrected chi connectivity index (χ0v) is 48.0. The summed E-state index contributed by atoms with van der Waals surface area (Å²) in [5.41, 5.74) is 4.13. The Balaban J connectivity index is 1.17. The maximum absolute atomic E-state index is 13.9. The molecule has 1 heterocycles. The summed E-state index contributed by atoms with van der Waals surface area (Å²) in [5, 5.41) is 15.3. The van der Waals surface area contributed by atoms with Crippen LogP contribution in [0.15, 0.2) is 133 Å². The number of allylic oxidation sites excluding steroid dienone is 1. The number of carbonyl (C=O) groups is 1. The number of ether oxygens (including phenoxy) is 5. The van der Waals surface area contributed by atoms with E-state index in [9.17, 15) is 9.90 Å². The highest BCUT2D eigenvalue weighted by atomic mass is 16.6. The van der Waals surface area contributed by atoms with E-state index in [1.54, 1.807) is 0 Å². The second-order valence-corrected chi connectivity index (χ2v) is 22.0. The van der Waals surface area contributed by atoms with Crippen molar-refractivity contribution in [2.45, 2.75) is 263 Å². The van der Waals surface area contributed by atoms with Crippen molar-refractivity contribution in [3.05, 3.63) is 156 Å². The predicted molar refractivity (Wildman–Crippen MR) is 318 cm³/mol. The summed E-state index contributed by atoms with van der Waals surface area (Å²) in [6, 6.07) is 40.0. The zero-order valence-electron chi connectivity index (χ0n) is 48.0. The van der Waals surface area contributed by atoms with Gasteiger partial charge in [-0.05, 0) is 41.5 Å². The Morgan fingerprint density at radius 3 is 1.26 bits per heavy atom. The summed E-state index contributed by atoms with van der Waals surface area (Å²) in [6.07, 6.45) is 34.3. The molecule has 8 nitrogen and oxygen atoms in total. The molecule has 4 aromatic rings. The molecule has 8 heteroatoms. The van der Waals surface area contributed by atoms with E-state index >= 15 is 0 Å². The number of aliphatic hydroxyl groups is 1. The zero-order chi connectivity index (χ0) is 54.1. The van der Waals surface area contributed by atoms with Gasteiger partial charge in [-0.15, -0.1) is 0 Å². The summed E-state index contributed by atoms with van der Waals surface area (Å²) < 4.78 is 34.6. The van der Waals surface area contributed by atoms with Crippen LogP contribution >= 0.6 is 0 Å². The number of rotatable bonds is 45. The molecule has 0 saturated carbocycles. The van der Waals surface area contributed by atoms with E-state index in [1.165, 1.54) is 128 Å². The highest BCUT2D eigenvalue weighted by molar-refractivity contribution is 5.76. The second-order valence-electron chi connectivity index (χ2n) is 22.0. The Hall–Kier alpha value is -4.15. The van der Waals surface area contributed by atoms with Gasteiger partial charge in [-0.2, -0.15) is 0 Å². The van der Waals surface area contributed by atoms with E-state index < -0.39 is 42.7 Å². The molecule has 0 aliphatic carbocycles. The molecule has 1 amide bonds. The number of carbonyl (C=O) groups excluding carboxylic acids is 1. The molecule has 0 bridgehead atoms. The quantitative estimate of drug-likeness (QED) is 0.0336. The standard InChI is InChI=1S/C69H103NO7/c1-3-5-7-9-10-11-12-13-14-15-16-17-18-19-20-21-22-23-24-25-26-27-41-51-66(72)70-62(63(71)50-40-8-6-4-2)52-64-67(74-54-59-44-34-29-35-45-59)69(76-56-61-48-38-31-39-49-61)68(75-55-60-46-36-30-37-47-60)65(77-64)57-73-53-58-42-32-28-33-43-58/h28-40,42-50,62-65,67-69,71H,3-27,41,51-57H2,1-2H3,(H,70,72)/t62-,63+,64+,65+,67-,68-,69+/m0/s1. The lowest BCUT2D eigenvalue weighted by molar-refractivity contribution is -0.274. The lowest BCUT2D eigenvalue weighted by atomic mass is 9.89. The molecule has 77 heavy (non-hydrogen) atoms. The van der Waals surface area contributed by atoms with Crippen LogP contribution in [0.1, 0.15) is 216 Å². The average Bonchev–Trinajstić information content (AvgIpc) is 3.46. The van der Waals surface area contributed by atoms with Crippen molar-refractivity contribution < 1.29 is 33.6 Å². The van der Waals surface area contributed by atoms with Gasteiger partial charge in [0.25, 0.3) is 0 Å². The van der Waals surface area contributed by atoms with Crippen molar-refractivity contribution in [2.24, 2.45) is 0 Å². The maximum Gasteiger partial charge on any atom is 0.220 e. The average molecular weight is 1060 g/mol. The molecule has 1 aliphatic rings. The normalized spacial score (nSPS) is 18.4. The van der Waals surface area contributed by atoms with Gasteiger partial charge < -0.3 is 34.1 Å². The first-order chi connectivity index (χ1) is 38.0. The fourth-order valence-corrected chi connectivity index (χ4v) is 10.7. The molecular weight excluding hydrogens is 955 g/mol. The van der Waals surface area contributed by atoms with Gasteiger partial charge >= 0.3 is 0 Å². The number of hydrogen-bond acceptors (Lipinski definition) is 7. The fraction of sp³-hybridized carbons (Fsp3) is 0.609. The molecule has 0 spiro atoms. The molecule has 2 N–H and O–H groups in total. The molecule has 1 aliphatic heterocycles. The Labute approximate surface area is 467 Å². The van der Waals surface area contributed by atoms with E-state index in [0.717, 1.165) is 60.8 Å². The Morgan fingerprint density at radius 1 is 0.481 bits per heavy atom. The Bertz CT molecular complexity index is 2020. The van der Waals surface area contributed by atoms with Crippen molar-refractivity contribution in [1.82, 2.24) is 5.32 Å². The molecule has 0 aromatic heterocycles. The van der Waals surface area contributed by atoms with Crippen LogP contribution in [0.25, 0.3) is 0 Å². The number of aliphatic hydroxyl groups excluding tert-OH is 1. The van der Waals surface area contributed by atoms with E-state index in [1.807, 2.05) is 84.9 Å². The van der Waals surface area contributed by atoms with E-state index in [-0.39, 0.29) is 18.9 Å². The van der Waals surface area contributed by atoms with Gasteiger partial charge in [0.1, 0.15) is 24.4 Å². The van der Waals surface area contributed by atoms with Crippen LogP contribution in [0, 0.1) is 0 Å². The second kappa shape index (κ2) is 41.8. The summed E-state index contributed by atoms with van der Waals surface area (Å²) in [6.45, 7) is 6.08. The molecule has 5 rings (SSSR count). The number of amides is 1. The van der Waals surface area contributed by atoms with Gasteiger partial charge in [-0.1, -0.05) is 301 Å². The van der Waals surface area contributed by atoms with Gasteiger partial charge in [0.15, 0.2) is 0 Å². The molecule has 426 valence electrons. The number of nitrogens with one attached hydrogen (secondary N) is 1. The highest BCUT2D eigenvalue weighted by Crippen LogP contribution is 2.34. The van der Waals surface area contributed by atoms with Crippen LogP contribution in [0.5, 0.6) is 0 Å². The predicted octanol–water partition coefficient (Wildman–Crippen LogP) is 17.1. The first-order valence-corrected chi connectivity index (χ1v) is 30.9. The van der Waals surface area contributed by atoms with E-state index in [2.05, 4.69) is 67.7 Å².